The molecular weight excluding hydrogens is 140 g/mol. The standard InChI is InChI=1S/C8H10N2O/c1-9-8(11)7-4-2-3-5-10-6-7/h2-6,10H,1H3,(H,9,11). The van der Waals surface area contributed by atoms with Crippen LogP contribution >= 0.6 is 0 Å². The number of carbonyl (C=O) groups excluding carboxylic acids is 1. The summed E-state index contributed by atoms with van der Waals surface area (Å²) in [6, 6.07) is 0. The Morgan fingerprint density at radius 3 is 3.09 bits per heavy atom. The molecule has 1 rings (SSSR count). The average Bonchev–Trinajstić information content (AvgIpc) is 2.30. The molecule has 1 amide bonds. The number of likely N-dealkylation sites (N-methyl/N-ethyl adjacent to an activating group) is 1. The molecule has 0 saturated carbocycles. The molecule has 3 nitrogen and oxygen atoms in total. The number of hydrogen-bond donors (Lipinski definition) is 2. The first kappa shape index (κ1) is 7.60. The first-order valence-corrected chi connectivity index (χ1v) is 3.36. The molecule has 0 aliphatic carbocycles. The van der Waals surface area contributed by atoms with Crippen molar-refractivity contribution in [2.24, 2.45) is 0 Å². The highest BCUT2D eigenvalue weighted by Crippen LogP contribution is 1.98. The van der Waals surface area contributed by atoms with Crippen LogP contribution in [0.4, 0.5) is 0 Å². The zero-order chi connectivity index (χ0) is 8.10. The number of amides is 1. The minimum absolute atomic E-state index is 0.0857. The van der Waals surface area contributed by atoms with E-state index in [1.54, 1.807) is 31.6 Å². The highest BCUT2D eigenvalue weighted by Gasteiger charge is 2.02. The molecule has 0 radical (unpaired) electrons. The van der Waals surface area contributed by atoms with Crippen LogP contribution in [0.25, 0.3) is 0 Å². The van der Waals surface area contributed by atoms with Gasteiger partial charge in [0.15, 0.2) is 0 Å². The molecule has 2 N–H and O–H groups in total. The summed E-state index contributed by atoms with van der Waals surface area (Å²) in [6.45, 7) is 0. The lowest BCUT2D eigenvalue weighted by molar-refractivity contribution is -0.116. The predicted molar refractivity (Wildman–Crippen MR) is 43.6 cm³/mol. The lowest BCUT2D eigenvalue weighted by atomic mass is 10.2. The van der Waals surface area contributed by atoms with Crippen LogP contribution in [-0.2, 0) is 4.79 Å². The molecule has 0 atom stereocenters. The first-order valence-electron chi connectivity index (χ1n) is 3.36. The van der Waals surface area contributed by atoms with Gasteiger partial charge in [-0.25, -0.2) is 0 Å². The number of rotatable bonds is 1. The fraction of sp³-hybridized carbons (Fsp3) is 0.125. The fourth-order valence-electron chi connectivity index (χ4n) is 0.742. The normalized spacial score (nSPS) is 14.8. The van der Waals surface area contributed by atoms with Gasteiger partial charge in [-0.15, -0.1) is 0 Å². The summed E-state index contributed by atoms with van der Waals surface area (Å²) >= 11 is 0. The lowest BCUT2D eigenvalue weighted by Crippen LogP contribution is -2.19. The quantitative estimate of drug-likeness (QED) is 0.564. The molecule has 0 spiro atoms. The van der Waals surface area contributed by atoms with Crippen molar-refractivity contribution >= 4 is 5.91 Å². The Hall–Kier alpha value is -1.51. The van der Waals surface area contributed by atoms with E-state index in [-0.39, 0.29) is 5.91 Å². The molecule has 58 valence electrons. The predicted octanol–water partition coefficient (Wildman–Crippen LogP) is 0.289. The van der Waals surface area contributed by atoms with Gasteiger partial charge >= 0.3 is 0 Å². The lowest BCUT2D eigenvalue weighted by Gasteiger charge is -1.97. The van der Waals surface area contributed by atoms with Crippen molar-refractivity contribution in [1.82, 2.24) is 10.6 Å². The zero-order valence-corrected chi connectivity index (χ0v) is 6.29. The van der Waals surface area contributed by atoms with Crippen LogP contribution < -0.4 is 10.6 Å². The van der Waals surface area contributed by atoms with Gasteiger partial charge in [0.1, 0.15) is 0 Å². The molecule has 1 aliphatic rings. The topological polar surface area (TPSA) is 41.1 Å². The molecule has 0 unspecified atom stereocenters. The Bertz CT molecular complexity index is 238. The Kier molecular flexibility index (Phi) is 2.49. The molecule has 0 aromatic rings. The van der Waals surface area contributed by atoms with Crippen LogP contribution in [-0.4, -0.2) is 13.0 Å². The Morgan fingerprint density at radius 2 is 2.36 bits per heavy atom. The second-order valence-electron chi connectivity index (χ2n) is 2.06. The summed E-state index contributed by atoms with van der Waals surface area (Å²) in [4.78, 5) is 11.0. The van der Waals surface area contributed by atoms with E-state index >= 15 is 0 Å². The van der Waals surface area contributed by atoms with Gasteiger partial charge in [0.25, 0.3) is 5.91 Å². The van der Waals surface area contributed by atoms with Crippen LogP contribution in [0.15, 0.2) is 36.2 Å². The van der Waals surface area contributed by atoms with E-state index in [1.807, 2.05) is 6.08 Å². The van der Waals surface area contributed by atoms with Gasteiger partial charge in [0.05, 0.1) is 5.57 Å². The van der Waals surface area contributed by atoms with E-state index in [0.29, 0.717) is 5.57 Å². The van der Waals surface area contributed by atoms with E-state index in [2.05, 4.69) is 10.6 Å². The smallest absolute Gasteiger partial charge is 0.252 e. The molecule has 0 saturated heterocycles. The fourth-order valence-corrected chi connectivity index (χ4v) is 0.742. The third-order valence-corrected chi connectivity index (χ3v) is 1.31. The zero-order valence-electron chi connectivity index (χ0n) is 6.29. The molecule has 0 fully saturated rings. The van der Waals surface area contributed by atoms with Crippen molar-refractivity contribution in [3.8, 4) is 0 Å². The highest BCUT2D eigenvalue weighted by molar-refractivity contribution is 5.95. The molecule has 1 aliphatic heterocycles. The minimum Gasteiger partial charge on any atom is -0.367 e. The van der Waals surface area contributed by atoms with Crippen molar-refractivity contribution < 1.29 is 4.79 Å². The van der Waals surface area contributed by atoms with E-state index in [9.17, 15) is 4.79 Å². The van der Waals surface area contributed by atoms with Crippen LogP contribution in [0.2, 0.25) is 0 Å². The van der Waals surface area contributed by atoms with Gasteiger partial charge < -0.3 is 10.6 Å². The van der Waals surface area contributed by atoms with Crippen LogP contribution in [0.5, 0.6) is 0 Å². The summed E-state index contributed by atoms with van der Waals surface area (Å²) in [6.07, 6.45) is 8.79. The number of nitrogens with one attached hydrogen (secondary N) is 2. The van der Waals surface area contributed by atoms with Gasteiger partial charge in [-0.05, 0) is 12.2 Å². The summed E-state index contributed by atoms with van der Waals surface area (Å²) in [7, 11) is 1.61. The second kappa shape index (κ2) is 3.61. The Balaban J connectivity index is 2.72. The van der Waals surface area contributed by atoms with Gasteiger partial charge in [-0.2, -0.15) is 0 Å². The summed E-state index contributed by atoms with van der Waals surface area (Å²) < 4.78 is 0. The van der Waals surface area contributed by atoms with E-state index in [0.717, 1.165) is 0 Å². The maximum atomic E-state index is 11.0. The monoisotopic (exact) mass is 150 g/mol. The van der Waals surface area contributed by atoms with Gasteiger partial charge in [-0.3, -0.25) is 4.79 Å². The summed E-state index contributed by atoms with van der Waals surface area (Å²) in [5.41, 5.74) is 0.623. The summed E-state index contributed by atoms with van der Waals surface area (Å²) in [5.74, 6) is -0.0857. The third kappa shape index (κ3) is 1.97. The minimum atomic E-state index is -0.0857. The average molecular weight is 150 g/mol. The summed E-state index contributed by atoms with van der Waals surface area (Å²) in [5, 5.41) is 5.38. The third-order valence-electron chi connectivity index (χ3n) is 1.31. The molecule has 1 heterocycles. The van der Waals surface area contributed by atoms with E-state index < -0.39 is 0 Å². The SMILES string of the molecule is CNC(=O)C1=CNC=CC=C1. The Labute approximate surface area is 65.5 Å². The second-order valence-corrected chi connectivity index (χ2v) is 2.06. The van der Waals surface area contributed by atoms with Gasteiger partial charge in [0, 0.05) is 19.4 Å². The molecule has 0 aromatic carbocycles. The van der Waals surface area contributed by atoms with E-state index in [1.165, 1.54) is 0 Å². The highest BCUT2D eigenvalue weighted by atomic mass is 16.1. The van der Waals surface area contributed by atoms with Crippen molar-refractivity contribution in [3.63, 3.8) is 0 Å². The van der Waals surface area contributed by atoms with Crippen LogP contribution in [0.1, 0.15) is 0 Å². The molecular formula is C8H10N2O. The number of allylic oxidation sites excluding steroid dienone is 2. The first-order chi connectivity index (χ1) is 5.34. The van der Waals surface area contributed by atoms with Gasteiger partial charge in [0.2, 0.25) is 0 Å². The van der Waals surface area contributed by atoms with Crippen LogP contribution in [0.3, 0.4) is 0 Å². The number of hydrogen-bond acceptors (Lipinski definition) is 2. The molecule has 11 heavy (non-hydrogen) atoms. The van der Waals surface area contributed by atoms with Crippen molar-refractivity contribution in [2.45, 2.75) is 0 Å². The molecule has 0 aromatic heterocycles. The number of carbonyl (C=O) groups is 1. The van der Waals surface area contributed by atoms with E-state index in [4.69, 9.17) is 0 Å². The van der Waals surface area contributed by atoms with Crippen LogP contribution in [0, 0.1) is 0 Å². The van der Waals surface area contributed by atoms with Crippen molar-refractivity contribution in [1.29, 1.82) is 0 Å². The van der Waals surface area contributed by atoms with Crippen molar-refractivity contribution in [3.05, 3.63) is 36.2 Å². The Morgan fingerprint density at radius 1 is 1.55 bits per heavy atom. The van der Waals surface area contributed by atoms with Crippen molar-refractivity contribution in [2.75, 3.05) is 7.05 Å². The van der Waals surface area contributed by atoms with Gasteiger partial charge in [-0.1, -0.05) is 6.08 Å². The maximum absolute atomic E-state index is 11.0. The molecule has 3 heteroatoms. The largest absolute Gasteiger partial charge is 0.367 e. The molecule has 0 bridgehead atoms. The maximum Gasteiger partial charge on any atom is 0.252 e.